The molecule has 1 atom stereocenters. The minimum Gasteiger partial charge on any atom is -0.366 e. The molecule has 0 radical (unpaired) electrons. The molecule has 1 aromatic carbocycles. The Hall–Kier alpha value is -1.09. The molecule has 100 valence electrons. The lowest BCUT2D eigenvalue weighted by molar-refractivity contribution is 0.576. The molecule has 0 aromatic heterocycles. The largest absolute Gasteiger partial charge is 0.366 e. The third-order valence-corrected chi connectivity index (χ3v) is 3.36. The second kappa shape index (κ2) is 5.27. The van der Waals surface area contributed by atoms with Gasteiger partial charge < -0.3 is 10.6 Å². The van der Waals surface area contributed by atoms with Gasteiger partial charge in [0.2, 0.25) is 0 Å². The van der Waals surface area contributed by atoms with E-state index in [2.05, 4.69) is 18.7 Å². The Balaban J connectivity index is 2.24. The number of halogens is 1. The van der Waals surface area contributed by atoms with Gasteiger partial charge in [0, 0.05) is 18.6 Å². The van der Waals surface area contributed by atoms with Crippen molar-refractivity contribution in [3.8, 4) is 0 Å². The van der Waals surface area contributed by atoms with Crippen LogP contribution in [0.25, 0.3) is 0 Å². The molecule has 0 aliphatic heterocycles. The second-order valence-corrected chi connectivity index (χ2v) is 5.78. The van der Waals surface area contributed by atoms with Crippen LogP contribution in [-0.2, 0) is 0 Å². The average Bonchev–Trinajstić information content (AvgIpc) is 3.09. The standard InChI is InChI=1S/C15H23FN2/c1-10(2)9-18(13-5-6-13)15-7-4-12(11(3)17)8-14(15)16/h4,7-8,10-11,13H,5-6,9,17H2,1-3H3. The number of rotatable bonds is 5. The van der Waals surface area contributed by atoms with Crippen LogP contribution < -0.4 is 10.6 Å². The van der Waals surface area contributed by atoms with Crippen LogP contribution in [0.3, 0.4) is 0 Å². The molecule has 2 N–H and O–H groups in total. The maximum atomic E-state index is 14.2. The predicted octanol–water partition coefficient (Wildman–Crippen LogP) is 3.47. The van der Waals surface area contributed by atoms with Gasteiger partial charge in [-0.2, -0.15) is 0 Å². The summed E-state index contributed by atoms with van der Waals surface area (Å²) in [4.78, 5) is 2.21. The summed E-state index contributed by atoms with van der Waals surface area (Å²) >= 11 is 0. The summed E-state index contributed by atoms with van der Waals surface area (Å²) in [6.45, 7) is 7.13. The Bertz CT molecular complexity index is 411. The van der Waals surface area contributed by atoms with E-state index in [-0.39, 0.29) is 11.9 Å². The van der Waals surface area contributed by atoms with E-state index >= 15 is 0 Å². The molecule has 0 saturated heterocycles. The van der Waals surface area contributed by atoms with Crippen LogP contribution in [0.15, 0.2) is 18.2 Å². The summed E-state index contributed by atoms with van der Waals surface area (Å²) in [5, 5.41) is 0. The van der Waals surface area contributed by atoms with E-state index in [0.29, 0.717) is 12.0 Å². The molecule has 1 aromatic rings. The van der Waals surface area contributed by atoms with Crippen molar-refractivity contribution in [3.63, 3.8) is 0 Å². The quantitative estimate of drug-likeness (QED) is 0.867. The molecule has 1 aliphatic rings. The summed E-state index contributed by atoms with van der Waals surface area (Å²) in [6.07, 6.45) is 2.36. The van der Waals surface area contributed by atoms with E-state index < -0.39 is 0 Å². The Morgan fingerprint density at radius 3 is 2.44 bits per heavy atom. The fourth-order valence-corrected chi connectivity index (χ4v) is 2.26. The Morgan fingerprint density at radius 1 is 1.33 bits per heavy atom. The fraction of sp³-hybridized carbons (Fsp3) is 0.600. The highest BCUT2D eigenvalue weighted by Crippen LogP contribution is 2.34. The van der Waals surface area contributed by atoms with Crippen molar-refractivity contribution in [2.75, 3.05) is 11.4 Å². The minimum absolute atomic E-state index is 0.118. The molecule has 1 fully saturated rings. The van der Waals surface area contributed by atoms with Crippen LogP contribution in [0.1, 0.15) is 45.2 Å². The highest BCUT2D eigenvalue weighted by atomic mass is 19.1. The van der Waals surface area contributed by atoms with Gasteiger partial charge in [-0.05, 0) is 43.4 Å². The Morgan fingerprint density at radius 2 is 2.00 bits per heavy atom. The lowest BCUT2D eigenvalue weighted by atomic mass is 10.1. The number of nitrogens with two attached hydrogens (primary N) is 1. The molecule has 2 nitrogen and oxygen atoms in total. The van der Waals surface area contributed by atoms with Crippen molar-refractivity contribution in [3.05, 3.63) is 29.6 Å². The molecule has 18 heavy (non-hydrogen) atoms. The molecule has 2 rings (SSSR count). The van der Waals surface area contributed by atoms with E-state index in [1.54, 1.807) is 6.07 Å². The molecule has 0 bridgehead atoms. The first kappa shape index (κ1) is 13.3. The Labute approximate surface area is 109 Å². The normalized spacial score (nSPS) is 17.0. The molecule has 0 heterocycles. The zero-order valence-corrected chi connectivity index (χ0v) is 11.5. The van der Waals surface area contributed by atoms with Crippen molar-refractivity contribution < 1.29 is 4.39 Å². The summed E-state index contributed by atoms with van der Waals surface area (Å²) in [5.41, 5.74) is 7.37. The van der Waals surface area contributed by atoms with E-state index in [0.717, 1.165) is 17.8 Å². The van der Waals surface area contributed by atoms with Crippen LogP contribution >= 0.6 is 0 Å². The lowest BCUT2D eigenvalue weighted by Gasteiger charge is -2.27. The van der Waals surface area contributed by atoms with Crippen molar-refractivity contribution >= 4 is 5.69 Å². The van der Waals surface area contributed by atoms with Crippen LogP contribution in [0.5, 0.6) is 0 Å². The first-order valence-corrected chi connectivity index (χ1v) is 6.80. The van der Waals surface area contributed by atoms with Crippen molar-refractivity contribution in [1.29, 1.82) is 0 Å². The van der Waals surface area contributed by atoms with Gasteiger partial charge in [0.05, 0.1) is 5.69 Å². The Kier molecular flexibility index (Phi) is 3.91. The van der Waals surface area contributed by atoms with Gasteiger partial charge in [0.1, 0.15) is 5.82 Å². The van der Waals surface area contributed by atoms with Gasteiger partial charge in [-0.1, -0.05) is 19.9 Å². The van der Waals surface area contributed by atoms with E-state index in [9.17, 15) is 4.39 Å². The van der Waals surface area contributed by atoms with Crippen molar-refractivity contribution in [1.82, 2.24) is 0 Å². The molecule has 1 unspecified atom stereocenters. The first-order chi connectivity index (χ1) is 8.49. The van der Waals surface area contributed by atoms with E-state index in [1.165, 1.54) is 12.8 Å². The van der Waals surface area contributed by atoms with Crippen molar-refractivity contribution in [2.45, 2.75) is 45.7 Å². The summed E-state index contributed by atoms with van der Waals surface area (Å²) < 4.78 is 14.2. The van der Waals surface area contributed by atoms with Gasteiger partial charge in [-0.25, -0.2) is 4.39 Å². The summed E-state index contributed by atoms with van der Waals surface area (Å²) in [6, 6.07) is 5.82. The van der Waals surface area contributed by atoms with Gasteiger partial charge >= 0.3 is 0 Å². The average molecular weight is 250 g/mol. The zero-order chi connectivity index (χ0) is 13.3. The molecular formula is C15H23FN2. The maximum absolute atomic E-state index is 14.2. The van der Waals surface area contributed by atoms with Crippen LogP contribution in [0.4, 0.5) is 10.1 Å². The summed E-state index contributed by atoms with van der Waals surface area (Å²) in [5.74, 6) is 0.399. The highest BCUT2D eigenvalue weighted by molar-refractivity contribution is 5.51. The van der Waals surface area contributed by atoms with Crippen LogP contribution in [-0.4, -0.2) is 12.6 Å². The minimum atomic E-state index is -0.141. The number of nitrogens with zero attached hydrogens (tertiary/aromatic N) is 1. The second-order valence-electron chi connectivity index (χ2n) is 5.78. The molecule has 1 aliphatic carbocycles. The molecule has 1 saturated carbocycles. The molecular weight excluding hydrogens is 227 g/mol. The number of hydrogen-bond acceptors (Lipinski definition) is 2. The molecule has 3 heteroatoms. The lowest BCUT2D eigenvalue weighted by Crippen LogP contribution is -2.30. The number of anilines is 1. The number of benzene rings is 1. The van der Waals surface area contributed by atoms with E-state index in [1.807, 2.05) is 19.1 Å². The topological polar surface area (TPSA) is 29.3 Å². The summed E-state index contributed by atoms with van der Waals surface area (Å²) in [7, 11) is 0. The van der Waals surface area contributed by atoms with Gasteiger partial charge in [0.25, 0.3) is 0 Å². The molecule has 0 spiro atoms. The fourth-order valence-electron chi connectivity index (χ4n) is 2.26. The molecule has 0 amide bonds. The zero-order valence-electron chi connectivity index (χ0n) is 11.5. The number of hydrogen-bond donors (Lipinski definition) is 1. The van der Waals surface area contributed by atoms with Crippen LogP contribution in [0.2, 0.25) is 0 Å². The first-order valence-electron chi connectivity index (χ1n) is 6.80. The highest BCUT2D eigenvalue weighted by Gasteiger charge is 2.31. The third-order valence-electron chi connectivity index (χ3n) is 3.36. The monoisotopic (exact) mass is 250 g/mol. The van der Waals surface area contributed by atoms with Gasteiger partial charge in [-0.15, -0.1) is 0 Å². The SMILES string of the molecule is CC(C)CN(c1ccc(C(C)N)cc1F)C1CC1. The van der Waals surface area contributed by atoms with Gasteiger partial charge in [0.15, 0.2) is 0 Å². The third kappa shape index (κ3) is 3.02. The smallest absolute Gasteiger partial charge is 0.146 e. The van der Waals surface area contributed by atoms with Crippen LogP contribution in [0, 0.1) is 11.7 Å². The predicted molar refractivity (Wildman–Crippen MR) is 74.2 cm³/mol. The maximum Gasteiger partial charge on any atom is 0.146 e. The van der Waals surface area contributed by atoms with E-state index in [4.69, 9.17) is 5.73 Å². The van der Waals surface area contributed by atoms with Crippen molar-refractivity contribution in [2.24, 2.45) is 11.7 Å². The van der Waals surface area contributed by atoms with Gasteiger partial charge in [-0.3, -0.25) is 0 Å².